The van der Waals surface area contributed by atoms with E-state index in [1.165, 1.54) is 18.6 Å². The summed E-state index contributed by atoms with van der Waals surface area (Å²) < 4.78 is 66.9. The van der Waals surface area contributed by atoms with Crippen LogP contribution in [0.4, 0.5) is 17.6 Å². The minimum absolute atomic E-state index is 0.0845. The van der Waals surface area contributed by atoms with Crippen LogP contribution in [0.3, 0.4) is 0 Å². The number of alkyl halides is 3. The molecule has 2 aliphatic rings. The van der Waals surface area contributed by atoms with Crippen molar-refractivity contribution in [3.8, 4) is 17.2 Å². The number of rotatable bonds is 8. The maximum Gasteiger partial charge on any atom is 0.573 e. The van der Waals surface area contributed by atoms with Gasteiger partial charge in [-0.25, -0.2) is 0 Å². The highest BCUT2D eigenvalue weighted by Gasteiger charge is 2.35. The Morgan fingerprint density at radius 1 is 1.00 bits per heavy atom. The predicted molar refractivity (Wildman–Crippen MR) is 87.9 cm³/mol. The Balaban J connectivity index is 1.68. The molecule has 1 aromatic carbocycles. The average molecular weight is 374 g/mol. The lowest BCUT2D eigenvalue weighted by molar-refractivity contribution is -0.276. The van der Waals surface area contributed by atoms with Crippen LogP contribution in [0, 0.1) is 17.7 Å². The van der Waals surface area contributed by atoms with Gasteiger partial charge in [0, 0.05) is 0 Å². The van der Waals surface area contributed by atoms with E-state index in [9.17, 15) is 17.6 Å². The predicted octanol–water partition coefficient (Wildman–Crippen LogP) is 5.64. The summed E-state index contributed by atoms with van der Waals surface area (Å²) >= 11 is 0. The number of allylic oxidation sites excluding steroid dienone is 1. The van der Waals surface area contributed by atoms with Gasteiger partial charge in [0.1, 0.15) is 6.61 Å². The zero-order valence-electron chi connectivity index (χ0n) is 14.4. The molecule has 0 aliphatic heterocycles. The molecule has 0 aromatic heterocycles. The molecule has 0 radical (unpaired) electrons. The highest BCUT2D eigenvalue weighted by molar-refractivity contribution is 5.47. The Kier molecular flexibility index (Phi) is 5.94. The molecule has 2 fully saturated rings. The zero-order valence-corrected chi connectivity index (χ0v) is 14.4. The van der Waals surface area contributed by atoms with E-state index in [1.54, 1.807) is 6.08 Å². The fraction of sp³-hybridized carbons (Fsp3) is 0.579. The second-order valence-electron chi connectivity index (χ2n) is 6.79. The first kappa shape index (κ1) is 18.9. The molecule has 2 aliphatic carbocycles. The Bertz CT molecular complexity index is 634. The number of ether oxygens (including phenoxy) is 3. The van der Waals surface area contributed by atoms with Gasteiger partial charge >= 0.3 is 6.36 Å². The monoisotopic (exact) mass is 374 g/mol. The Hall–Kier alpha value is -1.92. The SMILES string of the molecule is Fc1c(OC/C=C/C2CCC2)ccc(OCC2CCC2)c1OC(F)(F)F. The molecule has 26 heavy (non-hydrogen) atoms. The number of hydrogen-bond acceptors (Lipinski definition) is 3. The molecule has 0 heterocycles. The molecule has 0 amide bonds. The summed E-state index contributed by atoms with van der Waals surface area (Å²) in [5, 5.41) is 0. The molecular formula is C19H22F4O3. The van der Waals surface area contributed by atoms with Gasteiger partial charge in [-0.05, 0) is 49.7 Å². The van der Waals surface area contributed by atoms with Crippen LogP contribution in [0.15, 0.2) is 24.3 Å². The van der Waals surface area contributed by atoms with Gasteiger partial charge in [0.25, 0.3) is 0 Å². The maximum absolute atomic E-state index is 14.5. The summed E-state index contributed by atoms with van der Waals surface area (Å²) in [5.74, 6) is -1.91. The second-order valence-corrected chi connectivity index (χ2v) is 6.79. The molecule has 1 aromatic rings. The summed E-state index contributed by atoms with van der Waals surface area (Å²) in [6.07, 6.45) is 5.19. The van der Waals surface area contributed by atoms with Crippen LogP contribution < -0.4 is 14.2 Å². The molecule has 0 spiro atoms. The van der Waals surface area contributed by atoms with Crippen molar-refractivity contribution in [3.63, 3.8) is 0 Å². The van der Waals surface area contributed by atoms with Crippen molar-refractivity contribution in [1.29, 1.82) is 0 Å². The molecule has 7 heteroatoms. The fourth-order valence-corrected chi connectivity index (χ4v) is 2.84. The highest BCUT2D eigenvalue weighted by Crippen LogP contribution is 2.40. The minimum Gasteiger partial charge on any atom is -0.489 e. The van der Waals surface area contributed by atoms with Gasteiger partial charge in [-0.1, -0.05) is 25.0 Å². The summed E-state index contributed by atoms with van der Waals surface area (Å²) in [5.41, 5.74) is 0. The summed E-state index contributed by atoms with van der Waals surface area (Å²) in [4.78, 5) is 0. The van der Waals surface area contributed by atoms with Gasteiger partial charge in [-0.15, -0.1) is 13.2 Å². The number of halogens is 4. The van der Waals surface area contributed by atoms with Crippen LogP contribution in [0.2, 0.25) is 0 Å². The molecule has 3 rings (SSSR count). The van der Waals surface area contributed by atoms with E-state index in [1.807, 2.05) is 6.08 Å². The van der Waals surface area contributed by atoms with Gasteiger partial charge < -0.3 is 14.2 Å². The molecule has 3 nitrogen and oxygen atoms in total. The molecule has 0 bridgehead atoms. The topological polar surface area (TPSA) is 27.7 Å². The van der Waals surface area contributed by atoms with E-state index in [-0.39, 0.29) is 24.7 Å². The molecule has 144 valence electrons. The first-order valence-electron chi connectivity index (χ1n) is 8.93. The minimum atomic E-state index is -5.02. The Labute approximate surface area is 149 Å². The highest BCUT2D eigenvalue weighted by atomic mass is 19.4. The van der Waals surface area contributed by atoms with Crippen molar-refractivity contribution >= 4 is 0 Å². The molecule has 0 atom stereocenters. The molecule has 0 N–H and O–H groups in total. The largest absolute Gasteiger partial charge is 0.573 e. The van der Waals surface area contributed by atoms with E-state index >= 15 is 0 Å². The van der Waals surface area contributed by atoms with Gasteiger partial charge in [-0.3, -0.25) is 0 Å². The van der Waals surface area contributed by atoms with Crippen LogP contribution >= 0.6 is 0 Å². The summed E-state index contributed by atoms with van der Waals surface area (Å²) in [6, 6.07) is 2.53. The lowest BCUT2D eigenvalue weighted by Gasteiger charge is -2.26. The van der Waals surface area contributed by atoms with E-state index < -0.39 is 17.9 Å². The van der Waals surface area contributed by atoms with Gasteiger partial charge in [-0.2, -0.15) is 4.39 Å². The fourth-order valence-electron chi connectivity index (χ4n) is 2.84. The van der Waals surface area contributed by atoms with Crippen LogP contribution in [0.25, 0.3) is 0 Å². The third kappa shape index (κ3) is 5.05. The van der Waals surface area contributed by atoms with Crippen molar-refractivity contribution in [3.05, 3.63) is 30.1 Å². The van der Waals surface area contributed by atoms with Gasteiger partial charge in [0.05, 0.1) is 6.61 Å². The van der Waals surface area contributed by atoms with E-state index in [0.717, 1.165) is 32.1 Å². The average Bonchev–Trinajstić information content (AvgIpc) is 2.47. The van der Waals surface area contributed by atoms with Crippen molar-refractivity contribution in [2.45, 2.75) is 44.9 Å². The lowest BCUT2D eigenvalue weighted by Crippen LogP contribution is -2.21. The lowest BCUT2D eigenvalue weighted by atomic mass is 9.85. The molecule has 0 unspecified atom stereocenters. The van der Waals surface area contributed by atoms with Crippen LogP contribution in [-0.4, -0.2) is 19.6 Å². The van der Waals surface area contributed by atoms with Gasteiger partial charge in [0.15, 0.2) is 11.5 Å². The van der Waals surface area contributed by atoms with Gasteiger partial charge in [0.2, 0.25) is 11.6 Å². The van der Waals surface area contributed by atoms with Crippen molar-refractivity contribution in [2.75, 3.05) is 13.2 Å². The Morgan fingerprint density at radius 3 is 2.27 bits per heavy atom. The number of benzene rings is 1. The summed E-state index contributed by atoms with van der Waals surface area (Å²) in [7, 11) is 0. The van der Waals surface area contributed by atoms with Crippen LogP contribution in [-0.2, 0) is 0 Å². The second kappa shape index (κ2) is 8.18. The van der Waals surface area contributed by atoms with Crippen molar-refractivity contribution in [2.24, 2.45) is 11.8 Å². The summed E-state index contributed by atoms with van der Waals surface area (Å²) in [6.45, 7) is 0.332. The first-order valence-corrected chi connectivity index (χ1v) is 8.93. The van der Waals surface area contributed by atoms with Crippen molar-refractivity contribution in [1.82, 2.24) is 0 Å². The third-order valence-electron chi connectivity index (χ3n) is 4.84. The Morgan fingerprint density at radius 2 is 1.69 bits per heavy atom. The quantitative estimate of drug-likeness (QED) is 0.435. The van der Waals surface area contributed by atoms with Crippen LogP contribution in [0.5, 0.6) is 17.2 Å². The standard InChI is InChI=1S/C19H22F4O3/c20-17-15(24-11-3-8-13-4-1-5-13)9-10-16(18(17)26-19(21,22)23)25-12-14-6-2-7-14/h3,8-10,13-14H,1-2,4-7,11-12H2/b8-3+. The third-order valence-corrected chi connectivity index (χ3v) is 4.84. The smallest absolute Gasteiger partial charge is 0.489 e. The maximum atomic E-state index is 14.5. The van der Waals surface area contributed by atoms with E-state index in [4.69, 9.17) is 9.47 Å². The van der Waals surface area contributed by atoms with E-state index in [2.05, 4.69) is 4.74 Å². The molecular weight excluding hydrogens is 352 g/mol. The first-order chi connectivity index (χ1) is 12.4. The number of hydrogen-bond donors (Lipinski definition) is 0. The normalized spacial score (nSPS) is 18.5. The zero-order chi connectivity index (χ0) is 18.6. The molecule has 0 saturated heterocycles. The van der Waals surface area contributed by atoms with Crippen LogP contribution in [0.1, 0.15) is 38.5 Å². The van der Waals surface area contributed by atoms with E-state index in [0.29, 0.717) is 11.8 Å². The molecule has 2 saturated carbocycles. The van der Waals surface area contributed by atoms with Crippen molar-refractivity contribution < 1.29 is 31.8 Å².